The third-order valence-corrected chi connectivity index (χ3v) is 4.27. The summed E-state index contributed by atoms with van der Waals surface area (Å²) in [6.45, 7) is 5.96. The van der Waals surface area contributed by atoms with Crippen molar-refractivity contribution >= 4 is 18.3 Å². The first kappa shape index (κ1) is 20.5. The van der Waals surface area contributed by atoms with Gasteiger partial charge in [-0.1, -0.05) is 6.07 Å². The molecule has 136 valence electrons. The van der Waals surface area contributed by atoms with E-state index in [2.05, 4.69) is 17.1 Å². The van der Waals surface area contributed by atoms with Crippen molar-refractivity contribution in [3.8, 4) is 11.5 Å². The molecule has 0 spiro atoms. The summed E-state index contributed by atoms with van der Waals surface area (Å²) in [5.41, 5.74) is 1.02. The van der Waals surface area contributed by atoms with Crippen molar-refractivity contribution < 1.29 is 14.3 Å². The second-order valence-corrected chi connectivity index (χ2v) is 5.96. The SMILES string of the molecule is COc1ccc(CN(C)C(=O)CN2CCNC[C@H]2C)cc1OC.Cl. The first-order chi connectivity index (χ1) is 11.0. The molecule has 1 amide bonds. The number of rotatable bonds is 6. The van der Waals surface area contributed by atoms with Crippen LogP contribution in [0.25, 0.3) is 0 Å². The Morgan fingerprint density at radius 3 is 2.67 bits per heavy atom. The van der Waals surface area contributed by atoms with Crippen molar-refractivity contribution in [1.29, 1.82) is 0 Å². The predicted octanol–water partition coefficient (Wildman–Crippen LogP) is 1.38. The quantitative estimate of drug-likeness (QED) is 0.833. The highest BCUT2D eigenvalue weighted by atomic mass is 35.5. The van der Waals surface area contributed by atoms with E-state index < -0.39 is 0 Å². The average Bonchev–Trinajstić information content (AvgIpc) is 2.56. The van der Waals surface area contributed by atoms with Crippen LogP contribution >= 0.6 is 12.4 Å². The topological polar surface area (TPSA) is 54.0 Å². The fraction of sp³-hybridized carbons (Fsp3) is 0.588. The molecule has 0 radical (unpaired) electrons. The van der Waals surface area contributed by atoms with Gasteiger partial charge in [0.05, 0.1) is 20.8 Å². The smallest absolute Gasteiger partial charge is 0.236 e. The highest BCUT2D eigenvalue weighted by molar-refractivity contribution is 5.85. The Kier molecular flexibility index (Phi) is 8.31. The van der Waals surface area contributed by atoms with E-state index in [4.69, 9.17) is 9.47 Å². The number of halogens is 1. The Balaban J connectivity index is 0.00000288. The Labute approximate surface area is 150 Å². The highest BCUT2D eigenvalue weighted by Crippen LogP contribution is 2.27. The van der Waals surface area contributed by atoms with Crippen molar-refractivity contribution in [3.63, 3.8) is 0 Å². The highest BCUT2D eigenvalue weighted by Gasteiger charge is 2.22. The molecule has 1 fully saturated rings. The lowest BCUT2D eigenvalue weighted by molar-refractivity contribution is -0.132. The van der Waals surface area contributed by atoms with E-state index >= 15 is 0 Å². The fourth-order valence-electron chi connectivity index (χ4n) is 2.75. The third-order valence-electron chi connectivity index (χ3n) is 4.27. The summed E-state index contributed by atoms with van der Waals surface area (Å²) in [6, 6.07) is 6.13. The van der Waals surface area contributed by atoms with E-state index in [1.54, 1.807) is 19.1 Å². The first-order valence-electron chi connectivity index (χ1n) is 7.94. The molecule has 2 rings (SSSR count). The summed E-state index contributed by atoms with van der Waals surface area (Å²) < 4.78 is 10.5. The summed E-state index contributed by atoms with van der Waals surface area (Å²) >= 11 is 0. The number of piperazine rings is 1. The average molecular weight is 358 g/mol. The summed E-state index contributed by atoms with van der Waals surface area (Å²) in [4.78, 5) is 16.4. The maximum atomic E-state index is 12.4. The van der Waals surface area contributed by atoms with Crippen LogP contribution in [-0.2, 0) is 11.3 Å². The van der Waals surface area contributed by atoms with Crippen LogP contribution in [0, 0.1) is 0 Å². The Hall–Kier alpha value is -1.50. The van der Waals surface area contributed by atoms with Crippen LogP contribution in [0.1, 0.15) is 12.5 Å². The zero-order valence-electron chi connectivity index (χ0n) is 14.9. The van der Waals surface area contributed by atoms with Crippen LogP contribution < -0.4 is 14.8 Å². The third kappa shape index (κ3) is 5.26. The second kappa shape index (κ2) is 9.71. The summed E-state index contributed by atoms with van der Waals surface area (Å²) in [5.74, 6) is 1.51. The van der Waals surface area contributed by atoms with Crippen LogP contribution in [0.2, 0.25) is 0 Å². The molecule has 1 aromatic rings. The van der Waals surface area contributed by atoms with Gasteiger partial charge < -0.3 is 19.7 Å². The monoisotopic (exact) mass is 357 g/mol. The van der Waals surface area contributed by atoms with Crippen LogP contribution in [0.5, 0.6) is 11.5 Å². The van der Waals surface area contributed by atoms with Gasteiger partial charge in [0.25, 0.3) is 0 Å². The Morgan fingerprint density at radius 2 is 2.04 bits per heavy atom. The molecule has 1 heterocycles. The summed E-state index contributed by atoms with van der Waals surface area (Å²) in [5, 5.41) is 3.34. The number of benzene rings is 1. The van der Waals surface area contributed by atoms with Crippen molar-refractivity contribution in [1.82, 2.24) is 15.1 Å². The van der Waals surface area contributed by atoms with Gasteiger partial charge >= 0.3 is 0 Å². The fourth-order valence-corrected chi connectivity index (χ4v) is 2.75. The number of methoxy groups -OCH3 is 2. The Morgan fingerprint density at radius 1 is 1.33 bits per heavy atom. The van der Waals surface area contributed by atoms with Crippen molar-refractivity contribution in [2.75, 3.05) is 47.4 Å². The largest absolute Gasteiger partial charge is 0.493 e. The van der Waals surface area contributed by atoms with Crippen LogP contribution in [0.3, 0.4) is 0 Å². The van der Waals surface area contributed by atoms with E-state index in [-0.39, 0.29) is 18.3 Å². The number of amides is 1. The van der Waals surface area contributed by atoms with Gasteiger partial charge in [-0.3, -0.25) is 9.69 Å². The molecule has 0 unspecified atom stereocenters. The maximum Gasteiger partial charge on any atom is 0.236 e. The van der Waals surface area contributed by atoms with Gasteiger partial charge in [-0.05, 0) is 24.6 Å². The number of carbonyl (C=O) groups is 1. The van der Waals surface area contributed by atoms with Gasteiger partial charge in [0.1, 0.15) is 0 Å². The zero-order valence-corrected chi connectivity index (χ0v) is 15.7. The molecule has 0 aliphatic carbocycles. The van der Waals surface area contributed by atoms with Gasteiger partial charge in [0.15, 0.2) is 11.5 Å². The van der Waals surface area contributed by atoms with E-state index in [0.29, 0.717) is 30.6 Å². The number of nitrogens with one attached hydrogen (secondary N) is 1. The lowest BCUT2D eigenvalue weighted by atomic mass is 10.2. The molecule has 1 N–H and O–H groups in total. The number of carbonyl (C=O) groups excluding carboxylic acids is 1. The number of ether oxygens (including phenoxy) is 2. The van der Waals surface area contributed by atoms with Gasteiger partial charge in [-0.25, -0.2) is 0 Å². The van der Waals surface area contributed by atoms with E-state index in [1.807, 2.05) is 25.2 Å². The minimum atomic E-state index is 0. The number of nitrogens with zero attached hydrogens (tertiary/aromatic N) is 2. The number of hydrogen-bond donors (Lipinski definition) is 1. The summed E-state index contributed by atoms with van der Waals surface area (Å²) in [6.07, 6.45) is 0. The van der Waals surface area contributed by atoms with Gasteiger partial charge in [0.2, 0.25) is 5.91 Å². The first-order valence-corrected chi connectivity index (χ1v) is 7.94. The van der Waals surface area contributed by atoms with Crippen LogP contribution in [0.4, 0.5) is 0 Å². The van der Waals surface area contributed by atoms with Crippen molar-refractivity contribution in [2.45, 2.75) is 19.5 Å². The molecule has 1 aromatic carbocycles. The van der Waals surface area contributed by atoms with Crippen molar-refractivity contribution in [3.05, 3.63) is 23.8 Å². The molecule has 1 aliphatic heterocycles. The summed E-state index contributed by atoms with van der Waals surface area (Å²) in [7, 11) is 5.07. The normalized spacial score (nSPS) is 17.8. The van der Waals surface area contributed by atoms with Crippen molar-refractivity contribution in [2.24, 2.45) is 0 Å². The molecule has 1 atom stereocenters. The van der Waals surface area contributed by atoms with E-state index in [9.17, 15) is 4.79 Å². The second-order valence-electron chi connectivity index (χ2n) is 5.96. The molecule has 0 aromatic heterocycles. The zero-order chi connectivity index (χ0) is 16.8. The predicted molar refractivity (Wildman–Crippen MR) is 97.2 cm³/mol. The van der Waals surface area contributed by atoms with Crippen LogP contribution in [-0.4, -0.2) is 69.2 Å². The Bertz CT molecular complexity index is 542. The molecular weight excluding hydrogens is 330 g/mol. The number of hydrogen-bond acceptors (Lipinski definition) is 5. The molecule has 0 saturated carbocycles. The molecule has 6 nitrogen and oxygen atoms in total. The minimum absolute atomic E-state index is 0. The maximum absolute atomic E-state index is 12.4. The van der Waals surface area contributed by atoms with Gasteiger partial charge in [0, 0.05) is 39.3 Å². The van der Waals surface area contributed by atoms with Gasteiger partial charge in [-0.2, -0.15) is 0 Å². The molecule has 1 saturated heterocycles. The molecular formula is C17H28ClN3O3. The minimum Gasteiger partial charge on any atom is -0.493 e. The molecule has 0 bridgehead atoms. The standard InChI is InChI=1S/C17H27N3O3.ClH/c1-13-10-18-7-8-20(13)12-17(21)19(2)11-14-5-6-15(22-3)16(9-14)23-4;/h5-6,9,13,18H,7-8,10-12H2,1-4H3;1H/t13-;/m1./s1. The molecule has 1 aliphatic rings. The molecule has 7 heteroatoms. The number of likely N-dealkylation sites (N-methyl/N-ethyl adjacent to an activating group) is 1. The van der Waals surface area contributed by atoms with Crippen LogP contribution in [0.15, 0.2) is 18.2 Å². The van der Waals surface area contributed by atoms with E-state index in [0.717, 1.165) is 25.2 Å². The lowest BCUT2D eigenvalue weighted by Gasteiger charge is -2.34. The van der Waals surface area contributed by atoms with Gasteiger partial charge in [-0.15, -0.1) is 12.4 Å². The lowest BCUT2D eigenvalue weighted by Crippen LogP contribution is -2.52. The molecule has 24 heavy (non-hydrogen) atoms. The van der Waals surface area contributed by atoms with E-state index in [1.165, 1.54) is 0 Å².